The van der Waals surface area contributed by atoms with E-state index in [-0.39, 0.29) is 132 Å². The molecule has 0 aliphatic rings. The standard InChI is InChI=1S/C36H36N12O8S2.2Na/c49-19-17-37-31-43-33(39-25-7-3-1-4-8-25)47-35(45-31)41-27-15-13-23(29(21-27)57-56-55-51)11-12-24-14-16-28(22-30(24)58(52,53)54)42-36-46-32(38-18-20-50)44-34(48-36)40-26-9-5-2-6-10-26;;/h1-16,21-22,49-51H,17-20H2,(H,52,53,54)(H3,37,39,41,43,45,47)(H3,38,40,42,44,46,48);;/q;2*+1/p-2/b12-11+;;. The summed E-state index contributed by atoms with van der Waals surface area (Å²) in [7, 11) is -5.01. The number of hydrogen-bond acceptors (Lipinski definition) is 21. The first-order valence-corrected chi connectivity index (χ1v) is 19.3. The summed E-state index contributed by atoms with van der Waals surface area (Å²) in [5.74, 6) is 0.822. The number of benzene rings is 4. The van der Waals surface area contributed by atoms with Gasteiger partial charge >= 0.3 is 59.1 Å². The number of nitrogens with zero attached hydrogens (tertiary/aromatic N) is 6. The van der Waals surface area contributed by atoms with E-state index in [2.05, 4.69) is 71.2 Å². The van der Waals surface area contributed by atoms with Gasteiger partial charge in [-0.15, -0.1) is 0 Å². The summed E-state index contributed by atoms with van der Waals surface area (Å²) in [5.41, 5.74) is 2.55. The summed E-state index contributed by atoms with van der Waals surface area (Å²) in [6.07, 6.45) is 2.93. The molecule has 0 aliphatic carbocycles. The largest absolute Gasteiger partial charge is 1.00 e. The molecule has 2 aromatic heterocycles. The van der Waals surface area contributed by atoms with Gasteiger partial charge in [-0.25, -0.2) is 8.42 Å². The molecular weight excluding hydrogens is 839 g/mol. The average Bonchev–Trinajstić information content (AvgIpc) is 3.21. The number of aliphatic hydroxyl groups is 2. The first kappa shape index (κ1) is 48.2. The maximum absolute atomic E-state index is 12.5. The molecule has 6 aromatic rings. The minimum absolute atomic E-state index is 0. The SMILES string of the molecule is O=S(=O)([O-])c1cc(Nc2nc(NCCO)nc(Nc3ccccc3)n2)ccc1/C=C/c1ccc(Nc2nc(NCCO)nc(Nc3ccccc3)n2)cc1SOO[O-].[Na+].[Na+]. The predicted octanol–water partition coefficient (Wildman–Crippen LogP) is -1.85. The zero-order valence-electron chi connectivity index (χ0n) is 32.1. The van der Waals surface area contributed by atoms with Crippen LogP contribution in [0.5, 0.6) is 0 Å². The third kappa shape index (κ3) is 14.6. The Bertz CT molecular complexity index is 2450. The average molecular weight is 873 g/mol. The van der Waals surface area contributed by atoms with Crippen molar-refractivity contribution in [3.8, 4) is 0 Å². The molecule has 0 unspecified atom stereocenters. The number of rotatable bonds is 20. The molecule has 0 saturated carbocycles. The summed E-state index contributed by atoms with van der Waals surface area (Å²) in [5, 5.41) is 50.9. The first-order valence-electron chi connectivity index (χ1n) is 17.1. The van der Waals surface area contributed by atoms with Crippen molar-refractivity contribution in [3.63, 3.8) is 0 Å². The van der Waals surface area contributed by atoms with Gasteiger partial charge in [0.05, 0.1) is 30.2 Å². The molecule has 24 heteroatoms. The molecule has 4 aromatic carbocycles. The van der Waals surface area contributed by atoms with Gasteiger partial charge < -0.3 is 51.9 Å². The van der Waals surface area contributed by atoms with Gasteiger partial charge in [-0.2, -0.15) is 34.2 Å². The fourth-order valence-corrected chi connectivity index (χ4v) is 6.25. The van der Waals surface area contributed by atoms with Crippen molar-refractivity contribution in [1.29, 1.82) is 0 Å². The molecule has 0 spiro atoms. The molecule has 20 nitrogen and oxygen atoms in total. The Hall–Kier alpha value is -4.50. The molecule has 0 aliphatic heterocycles. The fourth-order valence-electron chi connectivity index (χ4n) is 5.05. The molecule has 8 N–H and O–H groups in total. The molecule has 300 valence electrons. The van der Waals surface area contributed by atoms with Crippen molar-refractivity contribution < 1.29 is 96.9 Å². The summed E-state index contributed by atoms with van der Waals surface area (Å²) < 4.78 is 42.1. The second-order valence-corrected chi connectivity index (χ2v) is 13.7. The topological polar surface area (TPSA) is 289 Å². The Morgan fingerprint density at radius 2 is 1.00 bits per heavy atom. The van der Waals surface area contributed by atoms with Crippen molar-refractivity contribution in [1.82, 2.24) is 29.9 Å². The van der Waals surface area contributed by atoms with Crippen LogP contribution in [0.3, 0.4) is 0 Å². The van der Waals surface area contributed by atoms with E-state index in [0.29, 0.717) is 33.9 Å². The van der Waals surface area contributed by atoms with Crippen LogP contribution in [-0.4, -0.2) is 79.4 Å². The maximum atomic E-state index is 12.5. The van der Waals surface area contributed by atoms with Crippen LogP contribution in [-0.2, 0) is 19.5 Å². The van der Waals surface area contributed by atoms with Gasteiger partial charge in [0.25, 0.3) is 0 Å². The van der Waals surface area contributed by atoms with E-state index in [4.69, 9.17) is 0 Å². The zero-order valence-corrected chi connectivity index (χ0v) is 37.7. The van der Waals surface area contributed by atoms with Gasteiger partial charge in [-0.05, 0) is 59.7 Å². The Morgan fingerprint density at radius 3 is 1.45 bits per heavy atom. The Balaban J connectivity index is 0.00000397. The zero-order chi connectivity index (χ0) is 40.7. The van der Waals surface area contributed by atoms with Crippen molar-refractivity contribution >= 4 is 92.8 Å². The van der Waals surface area contributed by atoms with Crippen molar-refractivity contribution in [2.75, 3.05) is 58.2 Å². The summed E-state index contributed by atoms with van der Waals surface area (Å²) in [6, 6.07) is 27.3. The molecule has 0 saturated heterocycles. The van der Waals surface area contributed by atoms with E-state index in [9.17, 15) is 28.4 Å². The third-order valence-electron chi connectivity index (χ3n) is 7.52. The van der Waals surface area contributed by atoms with E-state index in [1.807, 2.05) is 48.5 Å². The van der Waals surface area contributed by atoms with Crippen LogP contribution in [0.2, 0.25) is 0 Å². The quantitative estimate of drug-likeness (QED) is 0.0104. The maximum Gasteiger partial charge on any atom is 1.00 e. The molecule has 0 radical (unpaired) electrons. The van der Waals surface area contributed by atoms with Gasteiger partial charge in [-0.3, -0.25) is 5.04 Å². The monoisotopic (exact) mass is 872 g/mol. The normalized spacial score (nSPS) is 10.9. The molecule has 60 heavy (non-hydrogen) atoms. The van der Waals surface area contributed by atoms with Crippen molar-refractivity contribution in [3.05, 3.63) is 108 Å². The fraction of sp³-hybridized carbons (Fsp3) is 0.111. The van der Waals surface area contributed by atoms with Crippen molar-refractivity contribution in [2.45, 2.75) is 9.79 Å². The molecular formula is C36H34N12Na2O8S2. The van der Waals surface area contributed by atoms with Crippen LogP contribution in [0.4, 0.5) is 58.4 Å². The van der Waals surface area contributed by atoms with Crippen LogP contribution < -0.4 is 96.3 Å². The van der Waals surface area contributed by atoms with Crippen LogP contribution in [0.15, 0.2) is 107 Å². The van der Waals surface area contributed by atoms with Gasteiger partial charge in [-0.1, -0.05) is 60.7 Å². The van der Waals surface area contributed by atoms with Crippen LogP contribution in [0, 0.1) is 0 Å². The second-order valence-electron chi connectivity index (χ2n) is 11.7. The molecule has 2 heterocycles. The predicted molar refractivity (Wildman–Crippen MR) is 215 cm³/mol. The van der Waals surface area contributed by atoms with E-state index < -0.39 is 15.0 Å². The van der Waals surface area contributed by atoms with E-state index in [1.54, 1.807) is 30.3 Å². The van der Waals surface area contributed by atoms with E-state index in [0.717, 1.165) is 11.8 Å². The molecule has 0 fully saturated rings. The number of nitrogens with one attached hydrogen (secondary N) is 6. The molecule has 0 atom stereocenters. The molecule has 6 rings (SSSR count). The van der Waals surface area contributed by atoms with Gasteiger partial charge in [0.2, 0.25) is 35.7 Å². The third-order valence-corrected chi connectivity index (χ3v) is 9.07. The smallest absolute Gasteiger partial charge is 0.744 e. The Morgan fingerprint density at radius 1 is 0.583 bits per heavy atom. The van der Waals surface area contributed by atoms with Gasteiger partial charge in [0.15, 0.2) is 0 Å². The number of para-hydroxylation sites is 2. The molecule has 0 bridgehead atoms. The number of anilines is 10. The van der Waals surface area contributed by atoms with Crippen LogP contribution >= 0.6 is 12.0 Å². The minimum atomic E-state index is -5.01. The Labute approximate surface area is 392 Å². The van der Waals surface area contributed by atoms with Gasteiger partial charge in [0.1, 0.15) is 10.1 Å². The van der Waals surface area contributed by atoms with E-state index >= 15 is 0 Å². The minimum Gasteiger partial charge on any atom is -0.744 e. The molecule has 0 amide bonds. The summed E-state index contributed by atoms with van der Waals surface area (Å²) >= 11 is 0.582. The Kier molecular flexibility index (Phi) is 19.3. The van der Waals surface area contributed by atoms with E-state index in [1.165, 1.54) is 24.3 Å². The summed E-state index contributed by atoms with van der Waals surface area (Å²) in [4.78, 5) is 25.9. The van der Waals surface area contributed by atoms with Crippen LogP contribution in [0.1, 0.15) is 11.1 Å². The van der Waals surface area contributed by atoms with Gasteiger partial charge in [0, 0.05) is 40.7 Å². The number of aliphatic hydroxyl groups excluding tert-OH is 2. The summed E-state index contributed by atoms with van der Waals surface area (Å²) in [6.45, 7) is 0.00290. The van der Waals surface area contributed by atoms with Crippen molar-refractivity contribution in [2.24, 2.45) is 0 Å². The first-order chi connectivity index (χ1) is 28.2. The number of aromatic nitrogens is 6. The number of hydrogen-bond donors (Lipinski definition) is 8. The second kappa shape index (κ2) is 24.1. The van der Waals surface area contributed by atoms with Crippen LogP contribution in [0.25, 0.3) is 12.2 Å².